The van der Waals surface area contributed by atoms with Crippen molar-refractivity contribution >= 4 is 21.7 Å². The van der Waals surface area contributed by atoms with Gasteiger partial charge in [-0.25, -0.2) is 0 Å². The lowest BCUT2D eigenvalue weighted by Crippen LogP contribution is -2.06. The molecule has 0 bridgehead atoms. The number of alkyl halides is 3. The molecule has 74 valence electrons. The minimum absolute atomic E-state index is 0.199. The third-order valence-corrected chi connectivity index (χ3v) is 2.83. The maximum absolute atomic E-state index is 12.4. The average molecular weight is 218 g/mol. The molecule has 1 aromatic carbocycles. The predicted octanol–water partition coefficient (Wildman–Crippen LogP) is 3.02. The summed E-state index contributed by atoms with van der Waals surface area (Å²) in [7, 11) is 0. The first-order chi connectivity index (χ1) is 6.50. The van der Waals surface area contributed by atoms with Crippen molar-refractivity contribution in [2.24, 2.45) is 0 Å². The van der Waals surface area contributed by atoms with Crippen molar-refractivity contribution in [1.29, 1.82) is 0 Å². The van der Waals surface area contributed by atoms with Crippen molar-refractivity contribution < 1.29 is 13.2 Å². The van der Waals surface area contributed by atoms with Crippen LogP contribution in [-0.2, 0) is 6.18 Å². The van der Waals surface area contributed by atoms with E-state index in [1.807, 2.05) is 0 Å². The second kappa shape index (κ2) is 2.91. The van der Waals surface area contributed by atoms with Gasteiger partial charge in [0.2, 0.25) is 0 Å². The zero-order valence-electron chi connectivity index (χ0n) is 7.09. The Hall–Kier alpha value is -1.17. The molecule has 0 amide bonds. The molecule has 1 heterocycles. The maximum atomic E-state index is 12.4. The van der Waals surface area contributed by atoms with Crippen molar-refractivity contribution in [3.63, 3.8) is 0 Å². The molecule has 0 radical (unpaired) electrons. The van der Waals surface area contributed by atoms with E-state index < -0.39 is 11.7 Å². The van der Waals surface area contributed by atoms with Gasteiger partial charge in [0.1, 0.15) is 5.52 Å². The maximum Gasteiger partial charge on any atom is 0.416 e. The standard InChI is InChI=1S/C8H5F3N2S/c1-4-5(8(9,10)11)2-3-6-7(4)14-13-12-6/h2-3H,1H3. The minimum atomic E-state index is -4.30. The Bertz CT molecular complexity index is 475. The Morgan fingerprint density at radius 2 is 2.00 bits per heavy atom. The van der Waals surface area contributed by atoms with E-state index in [2.05, 4.69) is 9.59 Å². The van der Waals surface area contributed by atoms with Crippen LogP contribution >= 0.6 is 11.5 Å². The van der Waals surface area contributed by atoms with Crippen LogP contribution in [0.25, 0.3) is 10.2 Å². The first-order valence-corrected chi connectivity index (χ1v) is 4.56. The predicted molar refractivity (Wildman–Crippen MR) is 47.2 cm³/mol. The van der Waals surface area contributed by atoms with Gasteiger partial charge < -0.3 is 0 Å². The molecule has 0 saturated carbocycles. The molecule has 0 aliphatic carbocycles. The summed E-state index contributed by atoms with van der Waals surface area (Å²) in [6, 6.07) is 2.38. The van der Waals surface area contributed by atoms with Crippen LogP contribution in [0.2, 0.25) is 0 Å². The first-order valence-electron chi connectivity index (χ1n) is 3.79. The second-order valence-corrected chi connectivity index (χ2v) is 3.61. The lowest BCUT2D eigenvalue weighted by atomic mass is 10.1. The van der Waals surface area contributed by atoms with Gasteiger partial charge in [0.25, 0.3) is 0 Å². The molecule has 0 fully saturated rings. The van der Waals surface area contributed by atoms with Crippen LogP contribution in [0.4, 0.5) is 13.2 Å². The second-order valence-electron chi connectivity index (χ2n) is 2.86. The normalized spacial score (nSPS) is 12.3. The lowest BCUT2D eigenvalue weighted by Gasteiger charge is -2.09. The number of rotatable bonds is 0. The van der Waals surface area contributed by atoms with Gasteiger partial charge in [-0.05, 0) is 36.2 Å². The quantitative estimate of drug-likeness (QED) is 0.679. The molecule has 0 saturated heterocycles. The summed E-state index contributed by atoms with van der Waals surface area (Å²) < 4.78 is 41.4. The van der Waals surface area contributed by atoms with E-state index in [1.165, 1.54) is 13.0 Å². The van der Waals surface area contributed by atoms with Crippen molar-refractivity contribution in [1.82, 2.24) is 9.59 Å². The number of halogens is 3. The summed E-state index contributed by atoms with van der Waals surface area (Å²) in [5.41, 5.74) is 0.0987. The summed E-state index contributed by atoms with van der Waals surface area (Å²) in [4.78, 5) is 0. The van der Waals surface area contributed by atoms with Crippen LogP contribution < -0.4 is 0 Å². The fourth-order valence-corrected chi connectivity index (χ4v) is 1.94. The number of nitrogens with zero attached hydrogens (tertiary/aromatic N) is 2. The summed E-state index contributed by atoms with van der Waals surface area (Å²) in [6.45, 7) is 1.44. The molecular weight excluding hydrogens is 213 g/mol. The Balaban J connectivity index is 2.74. The lowest BCUT2D eigenvalue weighted by molar-refractivity contribution is -0.137. The van der Waals surface area contributed by atoms with Gasteiger partial charge in [-0.15, -0.1) is 5.10 Å². The molecule has 0 aliphatic rings. The van der Waals surface area contributed by atoms with E-state index >= 15 is 0 Å². The van der Waals surface area contributed by atoms with Crippen molar-refractivity contribution in [3.05, 3.63) is 23.3 Å². The number of fused-ring (bicyclic) bond motifs is 1. The third kappa shape index (κ3) is 1.35. The van der Waals surface area contributed by atoms with E-state index in [1.54, 1.807) is 0 Å². The Labute approximate surface area is 81.5 Å². The van der Waals surface area contributed by atoms with Crippen molar-refractivity contribution in [3.8, 4) is 0 Å². The molecule has 0 atom stereocenters. The summed E-state index contributed by atoms with van der Waals surface area (Å²) in [6.07, 6.45) is -4.30. The highest BCUT2D eigenvalue weighted by molar-refractivity contribution is 7.13. The zero-order chi connectivity index (χ0) is 10.3. The minimum Gasteiger partial charge on any atom is -0.166 e. The Kier molecular flexibility index (Phi) is 1.95. The van der Waals surface area contributed by atoms with E-state index in [0.29, 0.717) is 10.2 Å². The SMILES string of the molecule is Cc1c(C(F)(F)F)ccc2nnsc12. The van der Waals surface area contributed by atoms with E-state index in [-0.39, 0.29) is 5.56 Å². The number of benzene rings is 1. The van der Waals surface area contributed by atoms with Gasteiger partial charge in [0.05, 0.1) is 10.3 Å². The van der Waals surface area contributed by atoms with Gasteiger partial charge in [0.15, 0.2) is 0 Å². The van der Waals surface area contributed by atoms with Gasteiger partial charge in [-0.1, -0.05) is 4.49 Å². The summed E-state index contributed by atoms with van der Waals surface area (Å²) in [5, 5.41) is 3.70. The van der Waals surface area contributed by atoms with E-state index in [9.17, 15) is 13.2 Å². The highest BCUT2D eigenvalue weighted by Crippen LogP contribution is 2.35. The molecule has 0 N–H and O–H groups in total. The molecule has 14 heavy (non-hydrogen) atoms. The average Bonchev–Trinajstić information content (AvgIpc) is 2.50. The number of aryl methyl sites for hydroxylation is 1. The summed E-state index contributed by atoms with van der Waals surface area (Å²) in [5.74, 6) is 0. The van der Waals surface area contributed by atoms with Crippen LogP contribution in [0.1, 0.15) is 11.1 Å². The third-order valence-electron chi connectivity index (χ3n) is 1.97. The van der Waals surface area contributed by atoms with E-state index in [0.717, 1.165) is 17.6 Å². The van der Waals surface area contributed by atoms with Crippen molar-refractivity contribution in [2.45, 2.75) is 13.1 Å². The van der Waals surface area contributed by atoms with Gasteiger partial charge >= 0.3 is 6.18 Å². The topological polar surface area (TPSA) is 25.8 Å². The highest BCUT2D eigenvalue weighted by atomic mass is 32.1. The Morgan fingerprint density at radius 1 is 1.29 bits per heavy atom. The van der Waals surface area contributed by atoms with Crippen molar-refractivity contribution in [2.75, 3.05) is 0 Å². The molecular formula is C8H5F3N2S. The van der Waals surface area contributed by atoms with Crippen LogP contribution in [0.5, 0.6) is 0 Å². The van der Waals surface area contributed by atoms with Gasteiger partial charge in [0, 0.05) is 0 Å². The zero-order valence-corrected chi connectivity index (χ0v) is 7.91. The molecule has 0 aliphatic heterocycles. The fourth-order valence-electron chi connectivity index (χ4n) is 1.28. The molecule has 0 spiro atoms. The van der Waals surface area contributed by atoms with Crippen LogP contribution in [0.3, 0.4) is 0 Å². The number of hydrogen-bond donors (Lipinski definition) is 0. The molecule has 1 aromatic heterocycles. The van der Waals surface area contributed by atoms with Crippen LogP contribution in [-0.4, -0.2) is 9.59 Å². The van der Waals surface area contributed by atoms with Crippen LogP contribution in [0.15, 0.2) is 12.1 Å². The van der Waals surface area contributed by atoms with Gasteiger partial charge in [-0.3, -0.25) is 0 Å². The van der Waals surface area contributed by atoms with E-state index in [4.69, 9.17) is 0 Å². The molecule has 2 rings (SSSR count). The first kappa shape index (κ1) is 9.39. The largest absolute Gasteiger partial charge is 0.416 e. The molecule has 0 unspecified atom stereocenters. The monoisotopic (exact) mass is 218 g/mol. The molecule has 2 nitrogen and oxygen atoms in total. The number of aromatic nitrogens is 2. The molecule has 2 aromatic rings. The smallest absolute Gasteiger partial charge is 0.166 e. The summed E-state index contributed by atoms with van der Waals surface area (Å²) >= 11 is 0.983. The fraction of sp³-hybridized carbons (Fsp3) is 0.250. The molecule has 6 heteroatoms. The number of hydrogen-bond acceptors (Lipinski definition) is 3. The Morgan fingerprint density at radius 3 is 2.64 bits per heavy atom. The highest BCUT2D eigenvalue weighted by Gasteiger charge is 2.33. The van der Waals surface area contributed by atoms with Gasteiger partial charge in [-0.2, -0.15) is 13.2 Å². The van der Waals surface area contributed by atoms with Crippen LogP contribution in [0, 0.1) is 6.92 Å².